The molecule has 1 aromatic carbocycles. The van der Waals surface area contributed by atoms with E-state index in [4.69, 9.17) is 0 Å². The minimum absolute atomic E-state index is 1.16. The van der Waals surface area contributed by atoms with E-state index < -0.39 is 0 Å². The van der Waals surface area contributed by atoms with E-state index in [1.54, 1.807) is 0 Å². The topological polar surface area (TPSA) is 0 Å². The molecule has 0 aromatic heterocycles. The van der Waals surface area contributed by atoms with E-state index >= 15 is 0 Å². The molecule has 0 atom stereocenters. The van der Waals surface area contributed by atoms with Crippen LogP contribution in [0.15, 0.2) is 30.3 Å². The summed E-state index contributed by atoms with van der Waals surface area (Å²) in [6, 6.07) is 10.5. The Morgan fingerprint density at radius 2 is 1.78 bits per heavy atom. The number of hydrogen-bond donors (Lipinski definition) is 0. The summed E-state index contributed by atoms with van der Waals surface area (Å²) in [5, 5.41) is 1.16. The Bertz CT molecular complexity index is 157. The summed E-state index contributed by atoms with van der Waals surface area (Å²) < 4.78 is 0. The third kappa shape index (κ3) is 2.22. The molecular formula is C8H9Al+2. The molecule has 1 aromatic rings. The van der Waals surface area contributed by atoms with Crippen LogP contribution in [0.1, 0.15) is 5.56 Å². The van der Waals surface area contributed by atoms with Crippen LogP contribution in [0.3, 0.4) is 0 Å². The Kier molecular flexibility index (Phi) is 2.84. The van der Waals surface area contributed by atoms with Crippen LogP contribution >= 0.6 is 0 Å². The van der Waals surface area contributed by atoms with E-state index in [9.17, 15) is 0 Å². The first-order chi connectivity index (χ1) is 4.43. The van der Waals surface area contributed by atoms with Crippen molar-refractivity contribution in [3.63, 3.8) is 0 Å². The molecule has 0 fully saturated rings. The molecule has 0 radical (unpaired) electrons. The van der Waals surface area contributed by atoms with Crippen LogP contribution in [-0.4, -0.2) is 16.3 Å². The zero-order chi connectivity index (χ0) is 6.53. The quantitative estimate of drug-likeness (QED) is 0.538. The minimum atomic E-state index is 1.16. The van der Waals surface area contributed by atoms with Crippen molar-refractivity contribution >= 4 is 16.3 Å². The predicted octanol–water partition coefficient (Wildman–Crippen LogP) is 1.82. The summed E-state index contributed by atoms with van der Waals surface area (Å²) in [6.07, 6.45) is 1.17. The third-order valence-electron chi connectivity index (χ3n) is 1.28. The van der Waals surface area contributed by atoms with Crippen LogP contribution in [0.2, 0.25) is 5.28 Å². The van der Waals surface area contributed by atoms with Gasteiger partial charge in [0.1, 0.15) is 0 Å². The number of aryl methyl sites for hydroxylation is 1. The van der Waals surface area contributed by atoms with Gasteiger partial charge in [-0.2, -0.15) is 0 Å². The molecule has 0 spiro atoms. The fourth-order valence-electron chi connectivity index (χ4n) is 0.811. The van der Waals surface area contributed by atoms with Crippen molar-refractivity contribution in [1.82, 2.24) is 0 Å². The van der Waals surface area contributed by atoms with Crippen LogP contribution in [0.5, 0.6) is 0 Å². The monoisotopic (exact) mass is 132 g/mol. The van der Waals surface area contributed by atoms with E-state index in [2.05, 4.69) is 40.6 Å². The molecule has 0 nitrogen and oxygen atoms in total. The molecule has 1 rings (SSSR count). The van der Waals surface area contributed by atoms with Crippen LogP contribution in [0.4, 0.5) is 0 Å². The van der Waals surface area contributed by atoms with Crippen molar-refractivity contribution in [3.8, 4) is 0 Å². The Morgan fingerprint density at radius 3 is 2.33 bits per heavy atom. The van der Waals surface area contributed by atoms with Crippen LogP contribution in [0.25, 0.3) is 0 Å². The number of benzene rings is 1. The summed E-state index contributed by atoms with van der Waals surface area (Å²) in [5.74, 6) is 0. The summed E-state index contributed by atoms with van der Waals surface area (Å²) in [5.41, 5.74) is 1.42. The summed E-state index contributed by atoms with van der Waals surface area (Å²) >= 11 is 2.73. The molecule has 42 valence electrons. The van der Waals surface area contributed by atoms with Gasteiger partial charge in [0.15, 0.2) is 0 Å². The molecule has 0 heterocycles. The van der Waals surface area contributed by atoms with Gasteiger partial charge >= 0.3 is 63.9 Å². The van der Waals surface area contributed by atoms with E-state index in [0.29, 0.717) is 0 Å². The molecule has 0 amide bonds. The summed E-state index contributed by atoms with van der Waals surface area (Å²) in [6.45, 7) is 0. The Labute approximate surface area is 64.3 Å². The molecule has 0 saturated heterocycles. The standard InChI is InChI=1S/C8H9.Al/c1-2-8-6-4-3-5-7-8;/h3-7H,1-2H2;/q;+2. The van der Waals surface area contributed by atoms with Gasteiger partial charge < -0.3 is 0 Å². The third-order valence-corrected chi connectivity index (χ3v) is 1.56. The fourth-order valence-corrected chi connectivity index (χ4v) is 1.14. The van der Waals surface area contributed by atoms with Gasteiger partial charge in [-0.25, -0.2) is 0 Å². The normalized spacial score (nSPS) is 9.56. The molecule has 0 bridgehead atoms. The Morgan fingerprint density at radius 1 is 1.11 bits per heavy atom. The molecule has 0 aliphatic carbocycles. The SMILES string of the molecule is [Al+2][CH2]Cc1ccccc1. The first-order valence-corrected chi connectivity index (χ1v) is 3.99. The molecule has 0 N–H and O–H groups in total. The van der Waals surface area contributed by atoms with Crippen molar-refractivity contribution < 1.29 is 0 Å². The van der Waals surface area contributed by atoms with Crippen LogP contribution in [0, 0.1) is 0 Å². The van der Waals surface area contributed by atoms with Crippen molar-refractivity contribution in [2.45, 2.75) is 11.7 Å². The van der Waals surface area contributed by atoms with Gasteiger partial charge in [-0.15, -0.1) is 0 Å². The molecule has 9 heavy (non-hydrogen) atoms. The Balaban J connectivity index is 2.61. The number of hydrogen-bond acceptors (Lipinski definition) is 0. The van der Waals surface area contributed by atoms with E-state index in [-0.39, 0.29) is 0 Å². The Hall–Kier alpha value is -0.248. The van der Waals surface area contributed by atoms with Gasteiger partial charge in [-0.05, 0) is 0 Å². The molecule has 0 unspecified atom stereocenters. The molecular weight excluding hydrogens is 123 g/mol. The maximum absolute atomic E-state index is 2.73. The molecule has 1 heteroatoms. The van der Waals surface area contributed by atoms with E-state index in [1.165, 1.54) is 12.0 Å². The molecule has 0 aliphatic heterocycles. The van der Waals surface area contributed by atoms with Gasteiger partial charge in [-0.3, -0.25) is 0 Å². The van der Waals surface area contributed by atoms with Crippen molar-refractivity contribution in [2.24, 2.45) is 0 Å². The average Bonchev–Trinajstić information content (AvgIpc) is 1.91. The average molecular weight is 132 g/mol. The second-order valence-electron chi connectivity index (χ2n) is 2.02. The zero-order valence-electron chi connectivity index (χ0n) is 5.38. The van der Waals surface area contributed by atoms with Gasteiger partial charge in [0.05, 0.1) is 0 Å². The fraction of sp³-hybridized carbons (Fsp3) is 0.250. The van der Waals surface area contributed by atoms with Crippen molar-refractivity contribution in [2.75, 3.05) is 0 Å². The van der Waals surface area contributed by atoms with Crippen molar-refractivity contribution in [3.05, 3.63) is 35.9 Å². The second kappa shape index (κ2) is 3.72. The van der Waals surface area contributed by atoms with Gasteiger partial charge in [0, 0.05) is 0 Å². The van der Waals surface area contributed by atoms with Gasteiger partial charge in [-0.1, -0.05) is 0 Å². The van der Waals surface area contributed by atoms with Crippen LogP contribution < -0.4 is 0 Å². The summed E-state index contributed by atoms with van der Waals surface area (Å²) in [4.78, 5) is 0. The predicted molar refractivity (Wildman–Crippen MR) is 40.7 cm³/mol. The van der Waals surface area contributed by atoms with E-state index in [1.807, 2.05) is 6.07 Å². The van der Waals surface area contributed by atoms with E-state index in [0.717, 1.165) is 5.28 Å². The first kappa shape index (κ1) is 6.87. The van der Waals surface area contributed by atoms with Crippen LogP contribution in [-0.2, 0) is 6.42 Å². The van der Waals surface area contributed by atoms with Gasteiger partial charge in [0.25, 0.3) is 0 Å². The maximum atomic E-state index is 2.73. The zero-order valence-corrected chi connectivity index (χ0v) is 6.53. The number of rotatable bonds is 2. The first-order valence-electron chi connectivity index (χ1n) is 3.17. The molecule has 0 aliphatic rings. The summed E-state index contributed by atoms with van der Waals surface area (Å²) in [7, 11) is 0. The molecule has 0 saturated carbocycles. The van der Waals surface area contributed by atoms with Crippen molar-refractivity contribution in [1.29, 1.82) is 0 Å². The second-order valence-corrected chi connectivity index (χ2v) is 2.60. The van der Waals surface area contributed by atoms with Gasteiger partial charge in [0.2, 0.25) is 0 Å².